The van der Waals surface area contributed by atoms with Gasteiger partial charge in [0.2, 0.25) is 0 Å². The van der Waals surface area contributed by atoms with E-state index >= 15 is 0 Å². The molecule has 0 N–H and O–H groups in total. The minimum absolute atomic E-state index is 0.0345. The van der Waals surface area contributed by atoms with E-state index in [2.05, 4.69) is 5.10 Å². The Morgan fingerprint density at radius 2 is 1.95 bits per heavy atom. The highest BCUT2D eigenvalue weighted by molar-refractivity contribution is 6.06. The van der Waals surface area contributed by atoms with Gasteiger partial charge in [0.05, 0.1) is 18.4 Å². The van der Waals surface area contributed by atoms with Crippen LogP contribution in [0.3, 0.4) is 0 Å². The van der Waals surface area contributed by atoms with Crippen molar-refractivity contribution < 1.29 is 9.53 Å². The summed E-state index contributed by atoms with van der Waals surface area (Å²) in [6.07, 6.45) is 7.03. The maximum absolute atomic E-state index is 12.2. The fourth-order valence-electron chi connectivity index (χ4n) is 2.32. The average molecular weight is 296 g/mol. The molecule has 1 aromatic heterocycles. The van der Waals surface area contributed by atoms with Crippen molar-refractivity contribution >= 4 is 11.9 Å². The quantitative estimate of drug-likeness (QED) is 0.482. The zero-order valence-electron chi connectivity index (χ0n) is 13.3. The summed E-state index contributed by atoms with van der Waals surface area (Å²) >= 11 is 0. The number of para-hydroxylation sites is 1. The van der Waals surface area contributed by atoms with Crippen molar-refractivity contribution in [3.63, 3.8) is 0 Å². The van der Waals surface area contributed by atoms with Crippen LogP contribution in [0.25, 0.3) is 6.08 Å². The molecule has 1 heterocycles. The molecule has 4 heteroatoms. The number of carbonyl (C=O) groups is 1. The Hall–Kier alpha value is -2.62. The van der Waals surface area contributed by atoms with Gasteiger partial charge in [0.25, 0.3) is 0 Å². The van der Waals surface area contributed by atoms with Gasteiger partial charge in [0.15, 0.2) is 5.78 Å². The molecule has 2 rings (SSSR count). The number of aryl methyl sites for hydroxylation is 2. The van der Waals surface area contributed by atoms with Gasteiger partial charge in [-0.3, -0.25) is 9.48 Å². The number of rotatable bonds is 5. The molecule has 0 amide bonds. The summed E-state index contributed by atoms with van der Waals surface area (Å²) in [5.41, 5.74) is 3.27. The Bertz CT molecular complexity index is 740. The van der Waals surface area contributed by atoms with Crippen LogP contribution in [0.15, 0.2) is 42.5 Å². The third-order valence-electron chi connectivity index (χ3n) is 3.53. The fraction of sp³-hybridized carbons (Fsp3) is 0.222. The summed E-state index contributed by atoms with van der Waals surface area (Å²) in [7, 11) is 3.48. The van der Waals surface area contributed by atoms with Crippen LogP contribution in [-0.4, -0.2) is 22.7 Å². The molecule has 0 saturated carbocycles. The topological polar surface area (TPSA) is 44.1 Å². The second kappa shape index (κ2) is 6.89. The Morgan fingerprint density at radius 1 is 1.23 bits per heavy atom. The van der Waals surface area contributed by atoms with Crippen LogP contribution in [-0.2, 0) is 7.05 Å². The summed E-state index contributed by atoms with van der Waals surface area (Å²) in [6.45, 7) is 3.74. The maximum atomic E-state index is 12.2. The van der Waals surface area contributed by atoms with Crippen molar-refractivity contribution in [3.05, 3.63) is 65.0 Å². The van der Waals surface area contributed by atoms with Crippen LogP contribution in [0.4, 0.5) is 0 Å². The molecule has 0 atom stereocenters. The lowest BCUT2D eigenvalue weighted by molar-refractivity contribution is 0.104. The molecule has 4 nitrogen and oxygen atoms in total. The Labute approximate surface area is 130 Å². The highest BCUT2D eigenvalue weighted by Crippen LogP contribution is 2.18. The van der Waals surface area contributed by atoms with Crippen LogP contribution in [0.1, 0.15) is 27.3 Å². The van der Waals surface area contributed by atoms with Gasteiger partial charge < -0.3 is 4.74 Å². The second-order valence-corrected chi connectivity index (χ2v) is 4.99. The first-order chi connectivity index (χ1) is 10.5. The molecular weight excluding hydrogens is 276 g/mol. The van der Waals surface area contributed by atoms with Gasteiger partial charge in [-0.25, -0.2) is 0 Å². The first-order valence-electron chi connectivity index (χ1n) is 7.07. The Morgan fingerprint density at radius 3 is 2.59 bits per heavy atom. The fourth-order valence-corrected chi connectivity index (χ4v) is 2.32. The van der Waals surface area contributed by atoms with Crippen LogP contribution in [0.5, 0.6) is 5.75 Å². The van der Waals surface area contributed by atoms with Gasteiger partial charge in [-0.1, -0.05) is 36.4 Å². The number of hydrogen-bond acceptors (Lipinski definition) is 3. The van der Waals surface area contributed by atoms with Gasteiger partial charge in [0, 0.05) is 18.3 Å². The monoisotopic (exact) mass is 296 g/mol. The lowest BCUT2D eigenvalue weighted by Gasteiger charge is -2.02. The van der Waals surface area contributed by atoms with E-state index in [-0.39, 0.29) is 5.78 Å². The number of aromatic nitrogens is 2. The zero-order chi connectivity index (χ0) is 16.1. The number of hydrogen-bond donors (Lipinski definition) is 0. The number of benzene rings is 1. The number of nitrogens with zero attached hydrogens (tertiary/aromatic N) is 2. The van der Waals surface area contributed by atoms with Crippen molar-refractivity contribution in [2.75, 3.05) is 7.11 Å². The van der Waals surface area contributed by atoms with Crippen LogP contribution >= 0.6 is 0 Å². The van der Waals surface area contributed by atoms with Crippen LogP contribution in [0.2, 0.25) is 0 Å². The van der Waals surface area contributed by atoms with Crippen molar-refractivity contribution in [2.45, 2.75) is 13.8 Å². The summed E-state index contributed by atoms with van der Waals surface area (Å²) in [4.78, 5) is 12.2. The summed E-state index contributed by atoms with van der Waals surface area (Å²) in [5.74, 6) is 0.769. The van der Waals surface area contributed by atoms with E-state index in [0.717, 1.165) is 22.7 Å². The molecule has 0 fully saturated rings. The van der Waals surface area contributed by atoms with Crippen molar-refractivity contribution in [2.24, 2.45) is 7.05 Å². The molecular formula is C18H20N2O2. The van der Waals surface area contributed by atoms with E-state index in [4.69, 9.17) is 4.74 Å². The van der Waals surface area contributed by atoms with Gasteiger partial charge in [0.1, 0.15) is 5.75 Å². The van der Waals surface area contributed by atoms with Crippen molar-refractivity contribution in [1.29, 1.82) is 0 Å². The number of ketones is 1. The SMILES string of the molecule is COc1ccccc1/C=C/C=C/C(=O)c1c(C)nn(C)c1C. The summed E-state index contributed by atoms with van der Waals surface area (Å²) in [6, 6.07) is 7.72. The summed E-state index contributed by atoms with van der Waals surface area (Å²) < 4.78 is 7.00. The Kier molecular flexibility index (Phi) is 4.94. The van der Waals surface area contributed by atoms with E-state index < -0.39 is 0 Å². The average Bonchev–Trinajstić information content (AvgIpc) is 2.76. The van der Waals surface area contributed by atoms with Gasteiger partial charge in [-0.2, -0.15) is 5.10 Å². The molecule has 0 saturated heterocycles. The van der Waals surface area contributed by atoms with Gasteiger partial charge in [-0.15, -0.1) is 0 Å². The van der Waals surface area contributed by atoms with Gasteiger partial charge in [-0.05, 0) is 26.0 Å². The van der Waals surface area contributed by atoms with Crippen LogP contribution < -0.4 is 4.74 Å². The molecule has 1 aromatic carbocycles. The number of ether oxygens (including phenoxy) is 1. The van der Waals surface area contributed by atoms with E-state index in [1.54, 1.807) is 23.9 Å². The molecule has 22 heavy (non-hydrogen) atoms. The predicted molar refractivity (Wildman–Crippen MR) is 88.2 cm³/mol. The molecule has 114 valence electrons. The molecule has 0 bridgehead atoms. The number of methoxy groups -OCH3 is 1. The van der Waals surface area contributed by atoms with Crippen LogP contribution in [0, 0.1) is 13.8 Å². The predicted octanol–water partition coefficient (Wildman–Crippen LogP) is 3.50. The standard InChI is InChI=1S/C18H20N2O2/c1-13-18(14(2)20(3)19-13)16(21)11-7-5-9-15-10-6-8-12-17(15)22-4/h5-12H,1-4H3/b9-5+,11-7+. The Balaban J connectivity index is 2.12. The molecule has 0 aliphatic rings. The molecule has 0 spiro atoms. The molecule has 0 radical (unpaired) electrons. The highest BCUT2D eigenvalue weighted by Gasteiger charge is 2.14. The minimum atomic E-state index is -0.0345. The first kappa shape index (κ1) is 15.8. The largest absolute Gasteiger partial charge is 0.496 e. The van der Waals surface area contributed by atoms with E-state index in [0.29, 0.717) is 5.56 Å². The van der Waals surface area contributed by atoms with E-state index in [1.165, 1.54) is 0 Å². The molecule has 0 aliphatic carbocycles. The second-order valence-electron chi connectivity index (χ2n) is 4.99. The van der Waals surface area contributed by atoms with E-state index in [1.807, 2.05) is 57.3 Å². The van der Waals surface area contributed by atoms with Crippen molar-refractivity contribution in [1.82, 2.24) is 9.78 Å². The normalized spacial score (nSPS) is 11.5. The third-order valence-corrected chi connectivity index (χ3v) is 3.53. The maximum Gasteiger partial charge on any atom is 0.189 e. The lowest BCUT2D eigenvalue weighted by atomic mass is 10.1. The first-order valence-corrected chi connectivity index (χ1v) is 7.07. The lowest BCUT2D eigenvalue weighted by Crippen LogP contribution is -1.99. The van der Waals surface area contributed by atoms with Gasteiger partial charge >= 0.3 is 0 Å². The third kappa shape index (κ3) is 3.34. The van der Waals surface area contributed by atoms with Crippen molar-refractivity contribution in [3.8, 4) is 5.75 Å². The minimum Gasteiger partial charge on any atom is -0.496 e. The number of carbonyl (C=O) groups excluding carboxylic acids is 1. The molecule has 0 unspecified atom stereocenters. The zero-order valence-corrected chi connectivity index (χ0v) is 13.3. The van der Waals surface area contributed by atoms with E-state index in [9.17, 15) is 4.79 Å². The molecule has 2 aromatic rings. The summed E-state index contributed by atoms with van der Waals surface area (Å²) in [5, 5.41) is 4.26. The molecule has 0 aliphatic heterocycles. The smallest absolute Gasteiger partial charge is 0.189 e. The highest BCUT2D eigenvalue weighted by atomic mass is 16.5. The number of allylic oxidation sites excluding steroid dienone is 3.